The molecule has 0 aromatic carbocycles. The standard InChI is InChI=1S/C13H14N4O2/c18-13(19)11-12(10-1-2-10)17(16-15-11)8-5-9-3-6-14-7-4-9/h3-4,6-7,10H,1-2,5,8H2,(H,18,19). The zero-order valence-electron chi connectivity index (χ0n) is 10.4. The molecule has 0 bridgehead atoms. The summed E-state index contributed by atoms with van der Waals surface area (Å²) in [6.45, 7) is 0.649. The number of aryl methyl sites for hydroxylation is 2. The largest absolute Gasteiger partial charge is 0.476 e. The molecule has 1 fully saturated rings. The van der Waals surface area contributed by atoms with E-state index in [4.69, 9.17) is 5.11 Å². The van der Waals surface area contributed by atoms with Crippen LogP contribution < -0.4 is 0 Å². The summed E-state index contributed by atoms with van der Waals surface area (Å²) >= 11 is 0. The molecule has 2 heterocycles. The second-order valence-corrected chi connectivity index (χ2v) is 4.73. The van der Waals surface area contributed by atoms with Crippen LogP contribution in [0.1, 0.15) is 40.5 Å². The first-order valence-electron chi connectivity index (χ1n) is 6.31. The predicted molar refractivity (Wildman–Crippen MR) is 66.9 cm³/mol. The number of carboxylic acids is 1. The van der Waals surface area contributed by atoms with E-state index in [1.54, 1.807) is 17.1 Å². The van der Waals surface area contributed by atoms with Gasteiger partial charge in [-0.3, -0.25) is 4.98 Å². The maximum atomic E-state index is 11.1. The second kappa shape index (κ2) is 4.79. The molecule has 3 rings (SSSR count). The molecular weight excluding hydrogens is 244 g/mol. The van der Waals surface area contributed by atoms with Crippen molar-refractivity contribution in [3.63, 3.8) is 0 Å². The van der Waals surface area contributed by atoms with Crippen LogP contribution in [0.25, 0.3) is 0 Å². The number of carbonyl (C=O) groups is 1. The summed E-state index contributed by atoms with van der Waals surface area (Å²) in [5.41, 5.74) is 2.04. The molecule has 0 spiro atoms. The smallest absolute Gasteiger partial charge is 0.358 e. The van der Waals surface area contributed by atoms with Gasteiger partial charge in [-0.2, -0.15) is 0 Å². The van der Waals surface area contributed by atoms with Crippen LogP contribution in [-0.4, -0.2) is 31.1 Å². The lowest BCUT2D eigenvalue weighted by molar-refractivity contribution is 0.0689. The fraction of sp³-hybridized carbons (Fsp3) is 0.385. The van der Waals surface area contributed by atoms with Crippen molar-refractivity contribution in [2.45, 2.75) is 31.7 Å². The average molecular weight is 258 g/mol. The minimum Gasteiger partial charge on any atom is -0.476 e. The van der Waals surface area contributed by atoms with Crippen molar-refractivity contribution in [3.05, 3.63) is 41.5 Å². The van der Waals surface area contributed by atoms with E-state index in [-0.39, 0.29) is 5.69 Å². The third-order valence-electron chi connectivity index (χ3n) is 3.30. The first kappa shape index (κ1) is 11.8. The highest BCUT2D eigenvalue weighted by Gasteiger charge is 2.33. The van der Waals surface area contributed by atoms with Crippen molar-refractivity contribution in [2.24, 2.45) is 0 Å². The molecule has 0 radical (unpaired) electrons. The molecule has 1 saturated carbocycles. The summed E-state index contributed by atoms with van der Waals surface area (Å²) in [5.74, 6) is -0.671. The van der Waals surface area contributed by atoms with Gasteiger partial charge in [0.05, 0.1) is 5.69 Å². The van der Waals surface area contributed by atoms with Gasteiger partial charge in [0.15, 0.2) is 5.69 Å². The highest BCUT2D eigenvalue weighted by atomic mass is 16.4. The van der Waals surface area contributed by atoms with E-state index in [2.05, 4.69) is 15.3 Å². The molecule has 6 nitrogen and oxygen atoms in total. The van der Waals surface area contributed by atoms with Gasteiger partial charge >= 0.3 is 5.97 Å². The van der Waals surface area contributed by atoms with E-state index in [9.17, 15) is 4.79 Å². The molecule has 0 atom stereocenters. The Balaban J connectivity index is 1.79. The van der Waals surface area contributed by atoms with Crippen LogP contribution >= 0.6 is 0 Å². The molecule has 0 saturated heterocycles. The minimum atomic E-state index is -0.989. The van der Waals surface area contributed by atoms with E-state index in [0.29, 0.717) is 12.5 Å². The first-order valence-corrected chi connectivity index (χ1v) is 6.31. The number of carboxylic acid groups (broad SMARTS) is 1. The van der Waals surface area contributed by atoms with Gasteiger partial charge in [-0.05, 0) is 37.0 Å². The fourth-order valence-electron chi connectivity index (χ4n) is 2.18. The molecule has 1 N–H and O–H groups in total. The molecule has 0 aliphatic heterocycles. The minimum absolute atomic E-state index is 0.109. The number of hydrogen-bond acceptors (Lipinski definition) is 4. The maximum absolute atomic E-state index is 11.1. The van der Waals surface area contributed by atoms with Crippen molar-refractivity contribution in [1.82, 2.24) is 20.0 Å². The predicted octanol–water partition coefficient (Wildman–Crippen LogP) is 1.49. The number of nitrogens with zero attached hydrogens (tertiary/aromatic N) is 4. The van der Waals surface area contributed by atoms with Crippen LogP contribution in [0.2, 0.25) is 0 Å². The van der Waals surface area contributed by atoms with Gasteiger partial charge in [-0.25, -0.2) is 9.48 Å². The number of hydrogen-bond donors (Lipinski definition) is 1. The number of rotatable bonds is 5. The first-order chi connectivity index (χ1) is 9.25. The van der Waals surface area contributed by atoms with Crippen LogP contribution in [-0.2, 0) is 13.0 Å². The van der Waals surface area contributed by atoms with Crippen molar-refractivity contribution in [1.29, 1.82) is 0 Å². The van der Waals surface area contributed by atoms with Crippen LogP contribution in [0, 0.1) is 0 Å². The lowest BCUT2D eigenvalue weighted by atomic mass is 10.2. The Labute approximate surface area is 110 Å². The maximum Gasteiger partial charge on any atom is 0.358 e. The van der Waals surface area contributed by atoms with E-state index < -0.39 is 5.97 Å². The summed E-state index contributed by atoms with van der Waals surface area (Å²) in [6, 6.07) is 3.90. The normalized spacial score (nSPS) is 14.5. The Morgan fingerprint density at radius 3 is 2.74 bits per heavy atom. The molecule has 6 heteroatoms. The van der Waals surface area contributed by atoms with Gasteiger partial charge in [-0.1, -0.05) is 5.21 Å². The van der Waals surface area contributed by atoms with E-state index >= 15 is 0 Å². The zero-order chi connectivity index (χ0) is 13.2. The lowest BCUT2D eigenvalue weighted by Gasteiger charge is -2.05. The van der Waals surface area contributed by atoms with Gasteiger partial charge < -0.3 is 5.11 Å². The molecule has 2 aromatic rings. The number of aromatic nitrogens is 4. The monoisotopic (exact) mass is 258 g/mol. The van der Waals surface area contributed by atoms with E-state index in [1.165, 1.54) is 0 Å². The van der Waals surface area contributed by atoms with Crippen molar-refractivity contribution < 1.29 is 9.90 Å². The van der Waals surface area contributed by atoms with Gasteiger partial charge in [0, 0.05) is 24.9 Å². The SMILES string of the molecule is O=C(O)c1nnn(CCc2ccncc2)c1C1CC1. The molecule has 0 amide bonds. The van der Waals surface area contributed by atoms with Crippen LogP contribution in [0.15, 0.2) is 24.5 Å². The quantitative estimate of drug-likeness (QED) is 0.878. The molecule has 0 unspecified atom stereocenters. The average Bonchev–Trinajstić information content (AvgIpc) is 3.17. The van der Waals surface area contributed by atoms with Gasteiger partial charge in [0.2, 0.25) is 0 Å². The molecule has 2 aromatic heterocycles. The summed E-state index contributed by atoms with van der Waals surface area (Å²) < 4.78 is 1.74. The van der Waals surface area contributed by atoms with Gasteiger partial charge in [0.1, 0.15) is 0 Å². The Morgan fingerprint density at radius 1 is 1.37 bits per heavy atom. The van der Waals surface area contributed by atoms with E-state index in [0.717, 1.165) is 30.5 Å². The summed E-state index contributed by atoms with van der Waals surface area (Å²) in [4.78, 5) is 15.1. The van der Waals surface area contributed by atoms with Crippen LogP contribution in [0.5, 0.6) is 0 Å². The molecular formula is C13H14N4O2. The van der Waals surface area contributed by atoms with Crippen molar-refractivity contribution in [2.75, 3.05) is 0 Å². The molecule has 1 aliphatic carbocycles. The number of aromatic carboxylic acids is 1. The van der Waals surface area contributed by atoms with Crippen molar-refractivity contribution >= 4 is 5.97 Å². The van der Waals surface area contributed by atoms with Crippen molar-refractivity contribution in [3.8, 4) is 0 Å². The zero-order valence-corrected chi connectivity index (χ0v) is 10.4. The van der Waals surface area contributed by atoms with Gasteiger partial charge in [0.25, 0.3) is 0 Å². The van der Waals surface area contributed by atoms with Gasteiger partial charge in [-0.15, -0.1) is 5.10 Å². The summed E-state index contributed by atoms with van der Waals surface area (Å²) in [6.07, 6.45) is 6.36. The molecule has 19 heavy (non-hydrogen) atoms. The topological polar surface area (TPSA) is 80.9 Å². The summed E-state index contributed by atoms with van der Waals surface area (Å²) in [5, 5.41) is 16.9. The second-order valence-electron chi connectivity index (χ2n) is 4.73. The molecule has 1 aliphatic rings. The third kappa shape index (κ3) is 2.47. The Bertz CT molecular complexity index is 590. The van der Waals surface area contributed by atoms with Crippen LogP contribution in [0.4, 0.5) is 0 Å². The third-order valence-corrected chi connectivity index (χ3v) is 3.30. The Hall–Kier alpha value is -2.24. The number of pyridine rings is 1. The fourth-order valence-corrected chi connectivity index (χ4v) is 2.18. The Kier molecular flexibility index (Phi) is 2.98. The lowest BCUT2D eigenvalue weighted by Crippen LogP contribution is -2.09. The molecule has 98 valence electrons. The Morgan fingerprint density at radius 2 is 2.11 bits per heavy atom. The highest BCUT2D eigenvalue weighted by molar-refractivity contribution is 5.86. The highest BCUT2D eigenvalue weighted by Crippen LogP contribution is 2.41. The van der Waals surface area contributed by atoms with E-state index in [1.807, 2.05) is 12.1 Å². The van der Waals surface area contributed by atoms with Crippen LogP contribution in [0.3, 0.4) is 0 Å². The summed E-state index contributed by atoms with van der Waals surface area (Å²) in [7, 11) is 0.